The number of cyclic esters (lactones) is 2. The molecule has 1 aromatic carbocycles. The quantitative estimate of drug-likeness (QED) is 0.350. The molecule has 1 aromatic rings. The van der Waals surface area contributed by atoms with Crippen LogP contribution in [0.3, 0.4) is 0 Å². The van der Waals surface area contributed by atoms with E-state index in [9.17, 15) is 19.7 Å². The summed E-state index contributed by atoms with van der Waals surface area (Å²) in [5, 5.41) is 11.0. The van der Waals surface area contributed by atoms with Crippen LogP contribution in [-0.4, -0.2) is 36.3 Å². The van der Waals surface area contributed by atoms with Crippen molar-refractivity contribution in [2.45, 2.75) is 25.6 Å². The predicted molar refractivity (Wildman–Crippen MR) is 77.3 cm³/mol. The second-order valence-electron chi connectivity index (χ2n) is 5.62. The molecule has 0 aliphatic carbocycles. The number of nitro groups is 1. The van der Waals surface area contributed by atoms with Crippen molar-refractivity contribution in [1.29, 1.82) is 0 Å². The lowest BCUT2D eigenvalue weighted by molar-refractivity contribution is -0.484. The molecule has 1 saturated heterocycles. The van der Waals surface area contributed by atoms with Crippen LogP contribution in [0.25, 0.3) is 0 Å². The summed E-state index contributed by atoms with van der Waals surface area (Å²) in [7, 11) is 1.45. The molecule has 0 saturated carbocycles. The fourth-order valence-corrected chi connectivity index (χ4v) is 2.49. The summed E-state index contributed by atoms with van der Waals surface area (Å²) in [6.45, 7) is 2.24. The SMILES string of the molecule is COc1cccc([C@@H](C[N+](=O)[O-])C2C(=O)OC(C)(C)OC2=O)c1. The van der Waals surface area contributed by atoms with Crippen molar-refractivity contribution in [3.8, 4) is 5.75 Å². The molecule has 23 heavy (non-hydrogen) atoms. The van der Waals surface area contributed by atoms with Gasteiger partial charge in [-0.05, 0) is 17.7 Å². The summed E-state index contributed by atoms with van der Waals surface area (Å²) in [5.41, 5.74) is 0.430. The Labute approximate surface area is 132 Å². The standard InChI is InChI=1S/C15H17NO7/c1-15(2)22-13(17)12(14(18)23-15)11(8-16(19)20)9-5-4-6-10(7-9)21-3/h4-7,11-12H,8H2,1-3H3/t11-/m1/s1. The van der Waals surface area contributed by atoms with Crippen LogP contribution in [0.2, 0.25) is 0 Å². The van der Waals surface area contributed by atoms with Crippen molar-refractivity contribution < 1.29 is 28.7 Å². The highest BCUT2D eigenvalue weighted by Gasteiger charge is 2.49. The molecule has 0 amide bonds. The van der Waals surface area contributed by atoms with E-state index in [-0.39, 0.29) is 0 Å². The van der Waals surface area contributed by atoms with Crippen molar-refractivity contribution in [3.05, 3.63) is 39.9 Å². The first-order chi connectivity index (χ1) is 10.7. The van der Waals surface area contributed by atoms with Gasteiger partial charge >= 0.3 is 11.9 Å². The van der Waals surface area contributed by atoms with Crippen LogP contribution in [0.5, 0.6) is 5.75 Å². The zero-order valence-electron chi connectivity index (χ0n) is 13.0. The molecule has 1 aliphatic rings. The zero-order chi connectivity index (χ0) is 17.2. The highest BCUT2D eigenvalue weighted by molar-refractivity contribution is 5.97. The number of esters is 2. The first kappa shape index (κ1) is 16.7. The Hall–Kier alpha value is -2.64. The lowest BCUT2D eigenvalue weighted by atomic mass is 9.85. The summed E-state index contributed by atoms with van der Waals surface area (Å²) in [4.78, 5) is 34.8. The molecule has 0 bridgehead atoms. The Morgan fingerprint density at radius 2 is 1.91 bits per heavy atom. The lowest BCUT2D eigenvalue weighted by Gasteiger charge is -2.35. The third-order valence-corrected chi connectivity index (χ3v) is 3.47. The second kappa shape index (κ2) is 6.23. The minimum atomic E-state index is -1.39. The maximum Gasteiger partial charge on any atom is 0.324 e. The van der Waals surface area contributed by atoms with E-state index in [0.717, 1.165) is 0 Å². The van der Waals surface area contributed by atoms with Crippen LogP contribution >= 0.6 is 0 Å². The molecule has 0 spiro atoms. The number of carbonyl (C=O) groups is 2. The molecule has 1 atom stereocenters. The number of methoxy groups -OCH3 is 1. The number of rotatable bonds is 5. The van der Waals surface area contributed by atoms with Crippen molar-refractivity contribution in [2.75, 3.05) is 13.7 Å². The summed E-state index contributed by atoms with van der Waals surface area (Å²) in [5.74, 6) is -4.97. The van der Waals surface area contributed by atoms with Gasteiger partial charge in [-0.1, -0.05) is 12.1 Å². The highest BCUT2D eigenvalue weighted by atomic mass is 16.7. The molecule has 0 unspecified atom stereocenters. The molecule has 1 aliphatic heterocycles. The molecule has 1 fully saturated rings. The Kier molecular flexibility index (Phi) is 4.53. The first-order valence-electron chi connectivity index (χ1n) is 6.95. The van der Waals surface area contributed by atoms with E-state index in [1.54, 1.807) is 24.3 Å². The van der Waals surface area contributed by atoms with Crippen molar-refractivity contribution >= 4 is 11.9 Å². The molecule has 124 valence electrons. The van der Waals surface area contributed by atoms with Crippen LogP contribution < -0.4 is 4.74 Å². The van der Waals surface area contributed by atoms with Gasteiger partial charge in [0.1, 0.15) is 5.75 Å². The molecule has 8 heteroatoms. The van der Waals surface area contributed by atoms with Gasteiger partial charge in [-0.2, -0.15) is 0 Å². The number of nitrogens with zero attached hydrogens (tertiary/aromatic N) is 1. The van der Waals surface area contributed by atoms with E-state index in [1.807, 2.05) is 0 Å². The van der Waals surface area contributed by atoms with Crippen LogP contribution in [0.4, 0.5) is 0 Å². The molecular formula is C15H17NO7. The fraction of sp³-hybridized carbons (Fsp3) is 0.467. The van der Waals surface area contributed by atoms with Gasteiger partial charge in [0.05, 0.1) is 13.0 Å². The van der Waals surface area contributed by atoms with E-state index in [1.165, 1.54) is 21.0 Å². The normalized spacial score (nSPS) is 18.7. The summed E-state index contributed by atoms with van der Waals surface area (Å²) < 4.78 is 15.2. The maximum atomic E-state index is 12.2. The Balaban J connectivity index is 2.40. The zero-order valence-corrected chi connectivity index (χ0v) is 13.0. The van der Waals surface area contributed by atoms with E-state index in [0.29, 0.717) is 11.3 Å². The van der Waals surface area contributed by atoms with E-state index >= 15 is 0 Å². The molecule has 1 heterocycles. The fourth-order valence-electron chi connectivity index (χ4n) is 2.49. The molecular weight excluding hydrogens is 306 g/mol. The summed E-state index contributed by atoms with van der Waals surface area (Å²) in [6, 6.07) is 6.43. The molecule has 0 aromatic heterocycles. The minimum Gasteiger partial charge on any atom is -0.497 e. The average molecular weight is 323 g/mol. The summed E-state index contributed by atoms with van der Waals surface area (Å²) >= 11 is 0. The van der Waals surface area contributed by atoms with Crippen LogP contribution in [0.1, 0.15) is 25.3 Å². The highest BCUT2D eigenvalue weighted by Crippen LogP contribution is 2.34. The average Bonchev–Trinajstić information content (AvgIpc) is 2.44. The van der Waals surface area contributed by atoms with Gasteiger partial charge in [-0.25, -0.2) is 0 Å². The van der Waals surface area contributed by atoms with Crippen LogP contribution in [-0.2, 0) is 19.1 Å². The van der Waals surface area contributed by atoms with Gasteiger partial charge in [-0.3, -0.25) is 19.7 Å². The number of benzene rings is 1. The topological polar surface area (TPSA) is 105 Å². The van der Waals surface area contributed by atoms with Gasteiger partial charge in [0.2, 0.25) is 6.54 Å². The molecule has 0 radical (unpaired) electrons. The Morgan fingerprint density at radius 1 is 1.30 bits per heavy atom. The number of hydrogen-bond donors (Lipinski definition) is 0. The van der Waals surface area contributed by atoms with Crippen molar-refractivity contribution in [3.63, 3.8) is 0 Å². The number of carbonyl (C=O) groups excluding carboxylic acids is 2. The van der Waals surface area contributed by atoms with Gasteiger partial charge in [0.15, 0.2) is 5.92 Å². The maximum absolute atomic E-state index is 12.2. The third-order valence-electron chi connectivity index (χ3n) is 3.47. The lowest BCUT2D eigenvalue weighted by Crippen LogP contribution is -2.49. The third kappa shape index (κ3) is 3.77. The molecule has 8 nitrogen and oxygen atoms in total. The van der Waals surface area contributed by atoms with Gasteiger partial charge in [-0.15, -0.1) is 0 Å². The van der Waals surface area contributed by atoms with Gasteiger partial charge in [0, 0.05) is 18.8 Å². The minimum absolute atomic E-state index is 0.430. The van der Waals surface area contributed by atoms with Gasteiger partial charge < -0.3 is 14.2 Å². The smallest absolute Gasteiger partial charge is 0.324 e. The van der Waals surface area contributed by atoms with Crippen LogP contribution in [0, 0.1) is 16.0 Å². The largest absolute Gasteiger partial charge is 0.497 e. The first-order valence-corrected chi connectivity index (χ1v) is 6.95. The van der Waals surface area contributed by atoms with Crippen molar-refractivity contribution in [1.82, 2.24) is 0 Å². The van der Waals surface area contributed by atoms with Gasteiger partial charge in [0.25, 0.3) is 5.79 Å². The Morgan fingerprint density at radius 3 is 2.43 bits per heavy atom. The number of ether oxygens (including phenoxy) is 3. The van der Waals surface area contributed by atoms with Crippen molar-refractivity contribution in [2.24, 2.45) is 5.92 Å². The van der Waals surface area contributed by atoms with E-state index in [2.05, 4.69) is 0 Å². The second-order valence-corrected chi connectivity index (χ2v) is 5.62. The predicted octanol–water partition coefficient (Wildman–Crippen LogP) is 1.51. The molecule has 0 N–H and O–H groups in total. The van der Waals surface area contributed by atoms with Crippen LogP contribution in [0.15, 0.2) is 24.3 Å². The Bertz CT molecular complexity index is 620. The van der Waals surface area contributed by atoms with E-state index in [4.69, 9.17) is 14.2 Å². The molecule has 2 rings (SSSR count). The summed E-state index contributed by atoms with van der Waals surface area (Å²) in [6.07, 6.45) is 0. The number of hydrogen-bond acceptors (Lipinski definition) is 7. The van der Waals surface area contributed by atoms with E-state index < -0.39 is 41.0 Å². The monoisotopic (exact) mass is 323 g/mol.